The summed E-state index contributed by atoms with van der Waals surface area (Å²) in [6, 6.07) is 6.06. The highest BCUT2D eigenvalue weighted by molar-refractivity contribution is 5.81. The molecule has 0 fully saturated rings. The molecule has 20 heavy (non-hydrogen) atoms. The maximum Gasteiger partial charge on any atom is 0.437 e. The minimum Gasteiger partial charge on any atom is -0.344 e. The highest BCUT2D eigenvalue weighted by atomic mass is 19.4. The molecule has 0 aliphatic heterocycles. The van der Waals surface area contributed by atoms with Gasteiger partial charge in [0.05, 0.1) is 5.69 Å². The number of benzene rings is 1. The molecule has 1 nitrogen and oxygen atoms in total. The number of halogens is 7. The van der Waals surface area contributed by atoms with E-state index in [1.54, 1.807) is 0 Å². The number of para-hydroxylation sites is 1. The van der Waals surface area contributed by atoms with Crippen LogP contribution in [0.4, 0.5) is 30.7 Å². The fraction of sp³-hybridized carbons (Fsp3) is 0.333. The topological polar surface area (TPSA) is 4.93 Å². The van der Waals surface area contributed by atoms with Crippen molar-refractivity contribution in [2.24, 2.45) is 7.05 Å². The van der Waals surface area contributed by atoms with Crippen LogP contribution in [0, 0.1) is 0 Å². The first-order chi connectivity index (χ1) is 9.00. The first-order valence-corrected chi connectivity index (χ1v) is 5.37. The third-order valence-electron chi connectivity index (χ3n) is 3.09. The number of hydrogen-bond donors (Lipinski definition) is 0. The molecule has 0 atom stereocenters. The minimum absolute atomic E-state index is 0.0815. The van der Waals surface area contributed by atoms with Gasteiger partial charge in [0.1, 0.15) is 0 Å². The highest BCUT2D eigenvalue weighted by Gasteiger charge is 2.74. The van der Waals surface area contributed by atoms with E-state index in [9.17, 15) is 30.7 Å². The van der Waals surface area contributed by atoms with E-state index in [1.165, 1.54) is 24.3 Å². The molecule has 1 aromatic heterocycles. The van der Waals surface area contributed by atoms with Crippen molar-refractivity contribution in [2.45, 2.75) is 18.0 Å². The van der Waals surface area contributed by atoms with Crippen LogP contribution in [-0.4, -0.2) is 16.9 Å². The van der Waals surface area contributed by atoms with Crippen molar-refractivity contribution in [3.8, 4) is 0 Å². The van der Waals surface area contributed by atoms with E-state index in [4.69, 9.17) is 0 Å². The third-order valence-corrected chi connectivity index (χ3v) is 3.09. The van der Waals surface area contributed by atoms with Crippen molar-refractivity contribution in [1.82, 2.24) is 4.57 Å². The number of alkyl halides is 7. The third kappa shape index (κ3) is 1.85. The molecule has 0 bridgehead atoms. The first kappa shape index (κ1) is 14.7. The smallest absolute Gasteiger partial charge is 0.344 e. The van der Waals surface area contributed by atoms with Gasteiger partial charge in [-0.2, -0.15) is 26.3 Å². The molecular formula is C12H8F7N. The predicted molar refractivity (Wildman–Crippen MR) is 57.8 cm³/mol. The van der Waals surface area contributed by atoms with Gasteiger partial charge in [-0.05, 0) is 17.5 Å². The standard InChI is InChI=1S/C12H8F7N/c1-20-8-5-3-2-4-7(8)6-9(20)10(13,11(14,15)16)12(17,18)19/h2-6H,1H3. The zero-order valence-corrected chi connectivity index (χ0v) is 9.98. The molecule has 0 amide bonds. The van der Waals surface area contributed by atoms with E-state index in [0.717, 1.165) is 7.05 Å². The van der Waals surface area contributed by atoms with Gasteiger partial charge >= 0.3 is 18.0 Å². The molecule has 8 heteroatoms. The Morgan fingerprint density at radius 3 is 1.80 bits per heavy atom. The van der Waals surface area contributed by atoms with Crippen LogP contribution in [0.1, 0.15) is 5.69 Å². The minimum atomic E-state index is -6.10. The van der Waals surface area contributed by atoms with Gasteiger partial charge in [-0.1, -0.05) is 18.2 Å². The normalized spacial score (nSPS) is 14.0. The van der Waals surface area contributed by atoms with Crippen LogP contribution in [0.15, 0.2) is 30.3 Å². The molecule has 2 rings (SSSR count). The lowest BCUT2D eigenvalue weighted by Crippen LogP contribution is -2.51. The fourth-order valence-electron chi connectivity index (χ4n) is 2.07. The number of nitrogens with zero attached hydrogens (tertiary/aromatic N) is 1. The van der Waals surface area contributed by atoms with Crippen molar-refractivity contribution in [3.63, 3.8) is 0 Å². The van der Waals surface area contributed by atoms with Crippen LogP contribution in [-0.2, 0) is 12.7 Å². The predicted octanol–water partition coefficient (Wildman–Crippen LogP) is 4.47. The molecular weight excluding hydrogens is 291 g/mol. The second-order valence-corrected chi connectivity index (χ2v) is 4.30. The van der Waals surface area contributed by atoms with Gasteiger partial charge in [-0.3, -0.25) is 0 Å². The molecule has 0 unspecified atom stereocenters. The molecule has 0 saturated carbocycles. The lowest BCUT2D eigenvalue weighted by molar-refractivity contribution is -0.350. The summed E-state index contributed by atoms with van der Waals surface area (Å²) in [7, 11) is 0.962. The van der Waals surface area contributed by atoms with Gasteiger partial charge in [-0.25, -0.2) is 4.39 Å². The highest BCUT2D eigenvalue weighted by Crippen LogP contribution is 2.53. The van der Waals surface area contributed by atoms with E-state index >= 15 is 0 Å². The number of aryl methyl sites for hydroxylation is 1. The van der Waals surface area contributed by atoms with Crippen LogP contribution in [0.3, 0.4) is 0 Å². The monoisotopic (exact) mass is 299 g/mol. The SMILES string of the molecule is Cn1c(C(F)(C(F)(F)F)C(F)(F)F)cc2ccccc21. The van der Waals surface area contributed by atoms with Crippen LogP contribution in [0.5, 0.6) is 0 Å². The van der Waals surface area contributed by atoms with Gasteiger partial charge in [0.15, 0.2) is 0 Å². The molecule has 0 N–H and O–H groups in total. The van der Waals surface area contributed by atoms with Crippen LogP contribution in [0.25, 0.3) is 10.9 Å². The Hall–Kier alpha value is -1.73. The molecule has 1 aromatic carbocycles. The molecule has 0 aliphatic rings. The van der Waals surface area contributed by atoms with Crippen molar-refractivity contribution in [1.29, 1.82) is 0 Å². The molecule has 110 valence electrons. The zero-order chi connectivity index (χ0) is 15.3. The van der Waals surface area contributed by atoms with Crippen LogP contribution < -0.4 is 0 Å². The average molecular weight is 299 g/mol. The zero-order valence-electron chi connectivity index (χ0n) is 9.98. The summed E-state index contributed by atoms with van der Waals surface area (Å²) in [6.07, 6.45) is -12.2. The van der Waals surface area contributed by atoms with Crippen LogP contribution in [0.2, 0.25) is 0 Å². The second-order valence-electron chi connectivity index (χ2n) is 4.30. The van der Waals surface area contributed by atoms with Gasteiger partial charge in [0.2, 0.25) is 0 Å². The first-order valence-electron chi connectivity index (χ1n) is 5.37. The van der Waals surface area contributed by atoms with Crippen molar-refractivity contribution in [3.05, 3.63) is 36.0 Å². The summed E-state index contributed by atoms with van der Waals surface area (Å²) >= 11 is 0. The maximum atomic E-state index is 14.0. The Bertz CT molecular complexity index is 621. The van der Waals surface area contributed by atoms with Crippen LogP contribution >= 0.6 is 0 Å². The Labute approximate surface area is 108 Å². The lowest BCUT2D eigenvalue weighted by Gasteiger charge is -2.30. The molecule has 0 aliphatic carbocycles. The van der Waals surface area contributed by atoms with E-state index in [2.05, 4.69) is 0 Å². The van der Waals surface area contributed by atoms with Crippen molar-refractivity contribution in [2.75, 3.05) is 0 Å². The van der Waals surface area contributed by atoms with Gasteiger partial charge in [0.25, 0.3) is 0 Å². The molecule has 0 saturated heterocycles. The van der Waals surface area contributed by atoms with E-state index in [0.29, 0.717) is 10.6 Å². The molecule has 0 radical (unpaired) electrons. The largest absolute Gasteiger partial charge is 0.437 e. The Balaban J connectivity index is 2.80. The quantitative estimate of drug-likeness (QED) is 0.685. The van der Waals surface area contributed by atoms with Crippen molar-refractivity contribution < 1.29 is 30.7 Å². The van der Waals surface area contributed by atoms with E-state index < -0.39 is 23.7 Å². The average Bonchev–Trinajstić information content (AvgIpc) is 2.64. The summed E-state index contributed by atoms with van der Waals surface area (Å²) in [5.74, 6) is 0. The van der Waals surface area contributed by atoms with Gasteiger partial charge in [-0.15, -0.1) is 0 Å². The summed E-state index contributed by atoms with van der Waals surface area (Å²) in [5.41, 5.74) is -6.81. The van der Waals surface area contributed by atoms with E-state index in [1.807, 2.05) is 0 Å². The summed E-state index contributed by atoms with van der Waals surface area (Å²) in [4.78, 5) is 0. The summed E-state index contributed by atoms with van der Waals surface area (Å²) < 4.78 is 90.6. The second kappa shape index (κ2) is 4.13. The number of rotatable bonds is 1. The summed E-state index contributed by atoms with van der Waals surface area (Å²) in [6.45, 7) is 0. The number of aromatic nitrogens is 1. The van der Waals surface area contributed by atoms with Gasteiger partial charge < -0.3 is 4.57 Å². The lowest BCUT2D eigenvalue weighted by atomic mass is 10.00. The Morgan fingerprint density at radius 1 is 0.850 bits per heavy atom. The number of fused-ring (bicyclic) bond motifs is 1. The summed E-state index contributed by atoms with van der Waals surface area (Å²) in [5, 5.41) is 0.0977. The number of hydrogen-bond acceptors (Lipinski definition) is 0. The molecule has 1 heterocycles. The van der Waals surface area contributed by atoms with Gasteiger partial charge in [0, 0.05) is 12.6 Å². The van der Waals surface area contributed by atoms with Crippen molar-refractivity contribution >= 4 is 10.9 Å². The molecule has 2 aromatic rings. The Kier molecular flexibility index (Phi) is 3.03. The van der Waals surface area contributed by atoms with E-state index in [-0.39, 0.29) is 10.9 Å². The fourth-order valence-corrected chi connectivity index (χ4v) is 2.07. The Morgan fingerprint density at radius 2 is 1.35 bits per heavy atom. The molecule has 0 spiro atoms. The maximum absolute atomic E-state index is 14.0.